The minimum Gasteiger partial charge on any atom is -0.396 e. The number of hydrogen-bond acceptors (Lipinski definition) is 3. The van der Waals surface area contributed by atoms with Crippen molar-refractivity contribution in [3.8, 4) is 0 Å². The van der Waals surface area contributed by atoms with Gasteiger partial charge in [0.25, 0.3) is 0 Å². The first-order valence-electron chi connectivity index (χ1n) is 5.17. The predicted octanol–water partition coefficient (Wildman–Crippen LogP) is 1.29. The van der Waals surface area contributed by atoms with E-state index in [9.17, 15) is 0 Å². The summed E-state index contributed by atoms with van der Waals surface area (Å²) in [5, 5.41) is 9.11. The third-order valence-electron chi connectivity index (χ3n) is 2.75. The molecule has 1 aromatic rings. The number of aliphatic hydroxyl groups is 1. The monoisotopic (exact) mass is 192 g/mol. The molecule has 1 atom stereocenters. The van der Waals surface area contributed by atoms with Gasteiger partial charge in [-0.3, -0.25) is 0 Å². The molecule has 2 heterocycles. The topological polar surface area (TPSA) is 36.4 Å². The van der Waals surface area contributed by atoms with E-state index in [2.05, 4.69) is 9.88 Å². The Morgan fingerprint density at radius 2 is 2.43 bits per heavy atom. The highest BCUT2D eigenvalue weighted by atomic mass is 16.3. The van der Waals surface area contributed by atoms with Gasteiger partial charge in [0.15, 0.2) is 0 Å². The second-order valence-electron chi connectivity index (χ2n) is 3.82. The first kappa shape index (κ1) is 9.46. The third-order valence-corrected chi connectivity index (χ3v) is 2.75. The van der Waals surface area contributed by atoms with E-state index in [4.69, 9.17) is 5.11 Å². The van der Waals surface area contributed by atoms with Crippen LogP contribution in [0, 0.1) is 5.92 Å². The van der Waals surface area contributed by atoms with Crippen LogP contribution in [0.25, 0.3) is 0 Å². The fourth-order valence-corrected chi connectivity index (χ4v) is 1.96. The lowest BCUT2D eigenvalue weighted by Crippen LogP contribution is -2.37. The number of piperidine rings is 1. The Morgan fingerprint density at radius 3 is 3.14 bits per heavy atom. The van der Waals surface area contributed by atoms with Gasteiger partial charge in [-0.15, -0.1) is 0 Å². The van der Waals surface area contributed by atoms with E-state index in [1.807, 2.05) is 24.4 Å². The number of aromatic nitrogens is 1. The number of hydrogen-bond donors (Lipinski definition) is 1. The maximum absolute atomic E-state index is 9.11. The molecular formula is C11H16N2O. The van der Waals surface area contributed by atoms with Crippen LogP contribution < -0.4 is 4.90 Å². The Bertz CT molecular complexity index is 276. The second kappa shape index (κ2) is 4.42. The van der Waals surface area contributed by atoms with E-state index in [1.165, 1.54) is 0 Å². The molecule has 0 spiro atoms. The molecule has 1 aliphatic rings. The van der Waals surface area contributed by atoms with Crippen molar-refractivity contribution in [2.24, 2.45) is 5.92 Å². The summed E-state index contributed by atoms with van der Waals surface area (Å²) in [7, 11) is 0. The molecule has 0 aromatic carbocycles. The van der Waals surface area contributed by atoms with Crippen molar-refractivity contribution in [3.63, 3.8) is 0 Å². The van der Waals surface area contributed by atoms with Crippen LogP contribution in [0.15, 0.2) is 24.4 Å². The van der Waals surface area contributed by atoms with Gasteiger partial charge >= 0.3 is 0 Å². The molecule has 1 N–H and O–H groups in total. The van der Waals surface area contributed by atoms with E-state index < -0.39 is 0 Å². The van der Waals surface area contributed by atoms with Gasteiger partial charge < -0.3 is 10.0 Å². The number of nitrogens with zero attached hydrogens (tertiary/aromatic N) is 2. The van der Waals surface area contributed by atoms with Gasteiger partial charge in [0, 0.05) is 25.9 Å². The van der Waals surface area contributed by atoms with E-state index >= 15 is 0 Å². The van der Waals surface area contributed by atoms with Gasteiger partial charge in [-0.2, -0.15) is 0 Å². The molecular weight excluding hydrogens is 176 g/mol. The first-order chi connectivity index (χ1) is 6.90. The molecule has 1 fully saturated rings. The van der Waals surface area contributed by atoms with Gasteiger partial charge in [0.2, 0.25) is 0 Å². The Morgan fingerprint density at radius 1 is 1.50 bits per heavy atom. The highest BCUT2D eigenvalue weighted by Gasteiger charge is 2.19. The molecule has 0 saturated carbocycles. The van der Waals surface area contributed by atoms with Crippen molar-refractivity contribution >= 4 is 5.82 Å². The Kier molecular flexibility index (Phi) is 2.99. The second-order valence-corrected chi connectivity index (χ2v) is 3.82. The molecule has 1 aromatic heterocycles. The van der Waals surface area contributed by atoms with Crippen LogP contribution in [0.2, 0.25) is 0 Å². The summed E-state index contributed by atoms with van der Waals surface area (Å²) in [6.45, 7) is 2.30. The van der Waals surface area contributed by atoms with Gasteiger partial charge in [0.05, 0.1) is 0 Å². The maximum atomic E-state index is 9.11. The standard InChI is InChI=1S/C11H16N2O/c14-9-10-4-3-7-13(8-10)11-5-1-2-6-12-11/h1-2,5-6,10,14H,3-4,7-9H2/t10-/m1/s1. The molecule has 3 nitrogen and oxygen atoms in total. The smallest absolute Gasteiger partial charge is 0.128 e. The lowest BCUT2D eigenvalue weighted by molar-refractivity contribution is 0.208. The molecule has 2 rings (SSSR count). The fourth-order valence-electron chi connectivity index (χ4n) is 1.96. The van der Waals surface area contributed by atoms with Crippen molar-refractivity contribution in [1.29, 1.82) is 0 Å². The normalized spacial score (nSPS) is 22.4. The SMILES string of the molecule is OC[C@@H]1CCCN(c2ccccn2)C1. The largest absolute Gasteiger partial charge is 0.396 e. The molecule has 0 amide bonds. The number of aliphatic hydroxyl groups excluding tert-OH is 1. The van der Waals surface area contributed by atoms with Crippen LogP contribution in [-0.2, 0) is 0 Å². The fraction of sp³-hybridized carbons (Fsp3) is 0.545. The van der Waals surface area contributed by atoms with Crippen LogP contribution in [0.4, 0.5) is 5.82 Å². The molecule has 0 radical (unpaired) electrons. The molecule has 0 unspecified atom stereocenters. The van der Waals surface area contributed by atoms with Crippen LogP contribution >= 0.6 is 0 Å². The Labute approximate surface area is 84.4 Å². The summed E-state index contributed by atoms with van der Waals surface area (Å²) in [4.78, 5) is 6.57. The molecule has 0 bridgehead atoms. The number of rotatable bonds is 2. The number of pyridine rings is 1. The van der Waals surface area contributed by atoms with Crippen molar-refractivity contribution in [1.82, 2.24) is 4.98 Å². The first-order valence-corrected chi connectivity index (χ1v) is 5.17. The summed E-state index contributed by atoms with van der Waals surface area (Å²) >= 11 is 0. The summed E-state index contributed by atoms with van der Waals surface area (Å²) in [5.74, 6) is 1.46. The van der Waals surface area contributed by atoms with Gasteiger partial charge in [-0.25, -0.2) is 4.98 Å². The molecule has 0 aliphatic carbocycles. The predicted molar refractivity (Wildman–Crippen MR) is 56.3 cm³/mol. The van der Waals surface area contributed by atoms with Crippen molar-refractivity contribution in [2.45, 2.75) is 12.8 Å². The molecule has 76 valence electrons. The van der Waals surface area contributed by atoms with Crippen LogP contribution in [0.5, 0.6) is 0 Å². The van der Waals surface area contributed by atoms with Crippen molar-refractivity contribution < 1.29 is 5.11 Å². The van der Waals surface area contributed by atoms with Crippen molar-refractivity contribution in [2.75, 3.05) is 24.6 Å². The van der Waals surface area contributed by atoms with E-state index in [1.54, 1.807) is 0 Å². The highest BCUT2D eigenvalue weighted by Crippen LogP contribution is 2.20. The van der Waals surface area contributed by atoms with Crippen molar-refractivity contribution in [3.05, 3.63) is 24.4 Å². The van der Waals surface area contributed by atoms with E-state index in [0.717, 1.165) is 31.7 Å². The third kappa shape index (κ3) is 2.04. The van der Waals surface area contributed by atoms with Crippen LogP contribution in [0.3, 0.4) is 0 Å². The van der Waals surface area contributed by atoms with Crippen LogP contribution in [-0.4, -0.2) is 29.8 Å². The molecule has 3 heteroatoms. The summed E-state index contributed by atoms with van der Waals surface area (Å²) in [5.41, 5.74) is 0. The Hall–Kier alpha value is -1.09. The zero-order valence-electron chi connectivity index (χ0n) is 8.26. The number of anilines is 1. The summed E-state index contributed by atoms with van der Waals surface area (Å²) in [6, 6.07) is 5.96. The minimum atomic E-state index is 0.295. The Balaban J connectivity index is 2.04. The van der Waals surface area contributed by atoms with Gasteiger partial charge in [-0.1, -0.05) is 6.07 Å². The zero-order valence-corrected chi connectivity index (χ0v) is 8.26. The quantitative estimate of drug-likeness (QED) is 0.767. The molecule has 1 aliphatic heterocycles. The highest BCUT2D eigenvalue weighted by molar-refractivity contribution is 5.38. The average Bonchev–Trinajstić information content (AvgIpc) is 2.30. The van der Waals surface area contributed by atoms with Gasteiger partial charge in [-0.05, 0) is 30.9 Å². The maximum Gasteiger partial charge on any atom is 0.128 e. The lowest BCUT2D eigenvalue weighted by atomic mass is 9.99. The molecule has 1 saturated heterocycles. The lowest BCUT2D eigenvalue weighted by Gasteiger charge is -2.32. The zero-order chi connectivity index (χ0) is 9.80. The summed E-state index contributed by atoms with van der Waals surface area (Å²) < 4.78 is 0. The van der Waals surface area contributed by atoms with E-state index in [0.29, 0.717) is 12.5 Å². The average molecular weight is 192 g/mol. The summed E-state index contributed by atoms with van der Waals surface area (Å²) in [6.07, 6.45) is 4.11. The van der Waals surface area contributed by atoms with Gasteiger partial charge in [0.1, 0.15) is 5.82 Å². The van der Waals surface area contributed by atoms with E-state index in [-0.39, 0.29) is 0 Å². The minimum absolute atomic E-state index is 0.295. The van der Waals surface area contributed by atoms with Crippen LogP contribution in [0.1, 0.15) is 12.8 Å². The molecule has 14 heavy (non-hydrogen) atoms.